The Labute approximate surface area is 419 Å². The van der Waals surface area contributed by atoms with E-state index in [-0.39, 0.29) is 76.6 Å². The van der Waals surface area contributed by atoms with Gasteiger partial charge in [-0.15, -0.1) is 0 Å². The second-order valence-electron chi connectivity index (χ2n) is 17.6. The highest BCUT2D eigenvalue weighted by Gasteiger charge is 2.24. The number of carbonyl (C=O) groups excluding carboxylic acids is 6. The molecule has 69 heavy (non-hydrogen) atoms. The van der Waals surface area contributed by atoms with Crippen molar-refractivity contribution >= 4 is 47.7 Å². The average Bonchev–Trinajstić information content (AvgIpc) is 3.33. The molecule has 0 aromatic rings. The summed E-state index contributed by atoms with van der Waals surface area (Å²) in [4.78, 5) is 72.6. The van der Waals surface area contributed by atoms with Crippen LogP contribution < -0.4 is 27.4 Å². The molecule has 3 atom stereocenters. The molecule has 0 heterocycles. The Kier molecular flexibility index (Phi) is 47.1. The molecule has 4 amide bonds. The number of carbonyl (C=O) groups is 6. The van der Waals surface area contributed by atoms with Crippen LogP contribution in [0, 0.1) is 0 Å². The van der Waals surface area contributed by atoms with Crippen molar-refractivity contribution in [1.29, 1.82) is 0 Å². The normalized spacial score (nSPS) is 12.4. The third-order valence-corrected chi connectivity index (χ3v) is 12.4. The molecule has 0 saturated carbocycles. The van der Waals surface area contributed by atoms with Crippen molar-refractivity contribution in [3.05, 3.63) is 0 Å². The highest BCUT2D eigenvalue weighted by molar-refractivity contribution is 7.99. The highest BCUT2D eigenvalue weighted by Crippen LogP contribution is 2.16. The first kappa shape index (κ1) is 65.6. The fraction of sp³-hybridized carbons (Fsp3) is 0.880. The average molecular weight is 1010 g/mol. The molecule has 0 aliphatic rings. The predicted molar refractivity (Wildman–Crippen MR) is 271 cm³/mol. The third-order valence-electron chi connectivity index (χ3n) is 11.2. The summed E-state index contributed by atoms with van der Waals surface area (Å²) in [6, 6.07) is -2.29. The van der Waals surface area contributed by atoms with Crippen LogP contribution in [0.5, 0.6) is 0 Å². The lowest BCUT2D eigenvalue weighted by Gasteiger charge is -2.20. The summed E-state index contributed by atoms with van der Waals surface area (Å²) in [5.41, 5.74) is 11.1. The van der Waals surface area contributed by atoms with E-state index in [0.717, 1.165) is 38.5 Å². The van der Waals surface area contributed by atoms with Crippen LogP contribution in [0.4, 0.5) is 9.59 Å². The number of unbranched alkanes of at least 4 members (excludes halogenated alkanes) is 22. The van der Waals surface area contributed by atoms with E-state index in [4.69, 9.17) is 39.9 Å². The van der Waals surface area contributed by atoms with E-state index < -0.39 is 54.8 Å². The fourth-order valence-electron chi connectivity index (χ4n) is 7.06. The zero-order valence-electron chi connectivity index (χ0n) is 42.7. The van der Waals surface area contributed by atoms with Crippen LogP contribution in [0.15, 0.2) is 0 Å². The number of thioether (sulfide) groups is 1. The molecule has 0 rings (SSSR count). The predicted octanol–water partition coefficient (Wildman–Crippen LogP) is 7.52. The second-order valence-corrected chi connectivity index (χ2v) is 18.7. The number of nitrogens with two attached hydrogens (primary N) is 2. The minimum atomic E-state index is -1.25. The Bertz CT molecular complexity index is 1290. The molecule has 0 aliphatic carbocycles. The fourth-order valence-corrected chi connectivity index (χ4v) is 8.10. The minimum absolute atomic E-state index is 0.0565. The van der Waals surface area contributed by atoms with Gasteiger partial charge in [-0.3, -0.25) is 19.2 Å². The third kappa shape index (κ3) is 45.5. The topological polar surface area (TPSA) is 266 Å². The number of ether oxygens (including phenoxy) is 6. The zero-order chi connectivity index (χ0) is 50.8. The van der Waals surface area contributed by atoms with Gasteiger partial charge in [-0.25, -0.2) is 9.59 Å². The van der Waals surface area contributed by atoms with Gasteiger partial charge < -0.3 is 60.9 Å². The molecule has 0 spiro atoms. The van der Waals surface area contributed by atoms with E-state index in [1.807, 2.05) is 0 Å². The van der Waals surface area contributed by atoms with Crippen molar-refractivity contribution in [2.24, 2.45) is 11.5 Å². The van der Waals surface area contributed by atoms with Gasteiger partial charge in [0.05, 0.1) is 65.4 Å². The molecule has 8 N–H and O–H groups in total. The van der Waals surface area contributed by atoms with E-state index >= 15 is 0 Å². The van der Waals surface area contributed by atoms with Crippen LogP contribution in [0.3, 0.4) is 0 Å². The summed E-state index contributed by atoms with van der Waals surface area (Å²) in [7, 11) is 0. The van der Waals surface area contributed by atoms with E-state index in [9.17, 15) is 33.9 Å². The van der Waals surface area contributed by atoms with Gasteiger partial charge in [0.15, 0.2) is 0 Å². The lowest BCUT2D eigenvalue weighted by atomic mass is 10.1. The van der Waals surface area contributed by atoms with Crippen molar-refractivity contribution < 1.29 is 62.3 Å². The van der Waals surface area contributed by atoms with Crippen molar-refractivity contribution in [2.45, 2.75) is 205 Å². The SMILES string of the molecule is CCCCCCCCCCCCCCOC(=O)OCCC[C@H](CSC[C@H](N)C(=O)N[C@@H](CO)C(=O)NCCOCCOCCC(=O)NCC(N)=O)OC(=O)OCCCCCCCCCCCCCC. The van der Waals surface area contributed by atoms with Crippen LogP contribution in [0.25, 0.3) is 0 Å². The molecular formula is C50H95N5O13S. The molecule has 0 aromatic carbocycles. The lowest BCUT2D eigenvalue weighted by Crippen LogP contribution is -2.54. The maximum atomic E-state index is 12.9. The van der Waals surface area contributed by atoms with Crippen molar-refractivity contribution in [3.63, 3.8) is 0 Å². The molecule has 0 bridgehead atoms. The highest BCUT2D eigenvalue weighted by atomic mass is 32.2. The van der Waals surface area contributed by atoms with Crippen molar-refractivity contribution in [1.82, 2.24) is 16.0 Å². The zero-order valence-corrected chi connectivity index (χ0v) is 43.5. The maximum absolute atomic E-state index is 12.9. The van der Waals surface area contributed by atoms with E-state index in [1.165, 1.54) is 127 Å². The van der Waals surface area contributed by atoms with Crippen LogP contribution in [-0.4, -0.2) is 137 Å². The van der Waals surface area contributed by atoms with Gasteiger partial charge in [0.1, 0.15) is 12.1 Å². The smallest absolute Gasteiger partial charge is 0.434 e. The first-order valence-corrected chi connectivity index (χ1v) is 27.5. The second kappa shape index (κ2) is 49.6. The largest absolute Gasteiger partial charge is 0.508 e. The number of hydrogen-bond acceptors (Lipinski definition) is 15. The van der Waals surface area contributed by atoms with E-state index in [2.05, 4.69) is 29.8 Å². The van der Waals surface area contributed by atoms with Gasteiger partial charge in [-0.05, 0) is 25.7 Å². The molecule has 18 nitrogen and oxygen atoms in total. The van der Waals surface area contributed by atoms with Gasteiger partial charge in [-0.1, -0.05) is 155 Å². The number of rotatable bonds is 50. The summed E-state index contributed by atoms with van der Waals surface area (Å²) in [5.74, 6) is -1.88. The molecular weight excluding hydrogens is 911 g/mol. The number of amides is 4. The van der Waals surface area contributed by atoms with Crippen molar-refractivity contribution in [3.8, 4) is 0 Å². The van der Waals surface area contributed by atoms with Gasteiger partial charge in [0.25, 0.3) is 0 Å². The molecule has 19 heteroatoms. The first-order chi connectivity index (χ1) is 33.5. The Morgan fingerprint density at radius 1 is 0.536 bits per heavy atom. The number of hydrogen-bond donors (Lipinski definition) is 6. The molecule has 0 aromatic heterocycles. The number of primary amides is 1. The van der Waals surface area contributed by atoms with Crippen LogP contribution >= 0.6 is 11.8 Å². The standard InChI is InChI=1S/C50H95N5O13S/c1-3-5-7-9-11-13-15-17-19-21-23-25-31-65-49(61)66-33-27-28-42(68-50(62)67-32-26-24-22-20-18-16-14-12-10-8-6-4-2)40-69-41-43(51)47(59)55-44(39-56)48(60)53-30-35-64-37-36-63-34-29-46(58)54-38-45(52)57/h42-44,56H,3-41,51H2,1-2H3,(H2,52,57)(H,53,60)(H,54,58)(H,55,59)/t42-,43+,44+/m1/s1. The van der Waals surface area contributed by atoms with E-state index in [0.29, 0.717) is 19.4 Å². The molecule has 404 valence electrons. The van der Waals surface area contributed by atoms with E-state index in [1.54, 1.807) is 0 Å². The Hall–Kier alpha value is -3.39. The Morgan fingerprint density at radius 2 is 1.00 bits per heavy atom. The van der Waals surface area contributed by atoms with Gasteiger partial charge >= 0.3 is 12.3 Å². The molecule has 0 aliphatic heterocycles. The number of aliphatic hydroxyl groups is 1. The Balaban J connectivity index is 4.65. The summed E-state index contributed by atoms with van der Waals surface area (Å²) in [6.45, 7) is 4.94. The molecule has 0 fully saturated rings. The van der Waals surface area contributed by atoms with Crippen LogP contribution in [0.2, 0.25) is 0 Å². The van der Waals surface area contributed by atoms with Gasteiger partial charge in [0, 0.05) is 24.5 Å². The summed E-state index contributed by atoms with van der Waals surface area (Å²) >= 11 is 1.27. The minimum Gasteiger partial charge on any atom is -0.434 e. The number of nitrogens with one attached hydrogen (secondary N) is 3. The number of aliphatic hydroxyl groups excluding tert-OH is 1. The first-order valence-electron chi connectivity index (χ1n) is 26.4. The lowest BCUT2D eigenvalue weighted by molar-refractivity contribution is -0.130. The molecule has 0 unspecified atom stereocenters. The monoisotopic (exact) mass is 1010 g/mol. The van der Waals surface area contributed by atoms with Gasteiger partial charge in [-0.2, -0.15) is 11.8 Å². The van der Waals surface area contributed by atoms with Crippen molar-refractivity contribution in [2.75, 3.05) is 77.5 Å². The molecule has 0 radical (unpaired) electrons. The Morgan fingerprint density at radius 3 is 1.49 bits per heavy atom. The summed E-state index contributed by atoms with van der Waals surface area (Å²) in [6.07, 6.45) is 27.6. The summed E-state index contributed by atoms with van der Waals surface area (Å²) < 4.78 is 32.2. The van der Waals surface area contributed by atoms with Gasteiger partial charge in [0.2, 0.25) is 23.6 Å². The summed E-state index contributed by atoms with van der Waals surface area (Å²) in [5, 5.41) is 17.2. The van der Waals surface area contributed by atoms with Crippen LogP contribution in [-0.2, 0) is 47.6 Å². The quantitative estimate of drug-likeness (QED) is 0.0254. The van der Waals surface area contributed by atoms with Crippen LogP contribution in [0.1, 0.15) is 187 Å². The maximum Gasteiger partial charge on any atom is 0.508 e. The molecule has 0 saturated heterocycles.